The number of nitrogens with one attached hydrogen (secondary N) is 1. The standard InChI is InChI=1S/C15H29N3O2/c16-13-4-1-3-12(11-13)15(20)17-7-2-8-18-9-5-14(19)6-10-18/h12-14,19H,1-11,16H2,(H,17,20). The molecular weight excluding hydrogens is 254 g/mol. The first kappa shape index (κ1) is 15.7. The van der Waals surface area contributed by atoms with Crippen LogP contribution in [0.15, 0.2) is 0 Å². The zero-order chi connectivity index (χ0) is 14.4. The maximum Gasteiger partial charge on any atom is 0.223 e. The fourth-order valence-electron chi connectivity index (χ4n) is 3.27. The molecule has 5 heteroatoms. The Labute approximate surface area is 121 Å². The first-order valence-corrected chi connectivity index (χ1v) is 8.09. The molecule has 4 N–H and O–H groups in total. The number of carbonyl (C=O) groups excluding carboxylic acids is 1. The normalized spacial score (nSPS) is 29.3. The molecule has 2 rings (SSSR count). The molecule has 5 nitrogen and oxygen atoms in total. The van der Waals surface area contributed by atoms with Gasteiger partial charge in [-0.05, 0) is 45.1 Å². The number of rotatable bonds is 5. The summed E-state index contributed by atoms with van der Waals surface area (Å²) in [6, 6.07) is 0.208. The van der Waals surface area contributed by atoms with E-state index in [1.54, 1.807) is 0 Å². The smallest absolute Gasteiger partial charge is 0.223 e. The van der Waals surface area contributed by atoms with Crippen LogP contribution in [0.3, 0.4) is 0 Å². The van der Waals surface area contributed by atoms with Crippen molar-refractivity contribution >= 4 is 5.91 Å². The minimum atomic E-state index is -0.110. The second kappa shape index (κ2) is 7.96. The van der Waals surface area contributed by atoms with E-state index in [4.69, 9.17) is 5.73 Å². The number of piperidine rings is 1. The van der Waals surface area contributed by atoms with Gasteiger partial charge in [0.1, 0.15) is 0 Å². The van der Waals surface area contributed by atoms with Gasteiger partial charge in [-0.3, -0.25) is 4.79 Å². The van der Waals surface area contributed by atoms with Gasteiger partial charge in [0.25, 0.3) is 0 Å². The minimum absolute atomic E-state index is 0.110. The SMILES string of the molecule is NC1CCCC(C(=O)NCCCN2CCC(O)CC2)C1. The van der Waals surface area contributed by atoms with Crippen LogP contribution >= 0.6 is 0 Å². The van der Waals surface area contributed by atoms with E-state index in [9.17, 15) is 9.90 Å². The zero-order valence-corrected chi connectivity index (χ0v) is 12.4. The Hall–Kier alpha value is -0.650. The van der Waals surface area contributed by atoms with E-state index in [2.05, 4.69) is 10.2 Å². The van der Waals surface area contributed by atoms with Gasteiger partial charge in [-0.2, -0.15) is 0 Å². The van der Waals surface area contributed by atoms with Crippen LogP contribution in [0.25, 0.3) is 0 Å². The molecule has 0 aromatic carbocycles. The van der Waals surface area contributed by atoms with Crippen molar-refractivity contribution in [2.24, 2.45) is 11.7 Å². The van der Waals surface area contributed by atoms with Crippen molar-refractivity contribution in [3.8, 4) is 0 Å². The number of carbonyl (C=O) groups is 1. The van der Waals surface area contributed by atoms with Crippen molar-refractivity contribution in [2.75, 3.05) is 26.2 Å². The lowest BCUT2D eigenvalue weighted by Gasteiger charge is -2.29. The molecule has 0 aromatic heterocycles. The lowest BCUT2D eigenvalue weighted by Crippen LogP contribution is -2.40. The van der Waals surface area contributed by atoms with Crippen LogP contribution < -0.4 is 11.1 Å². The summed E-state index contributed by atoms with van der Waals surface area (Å²) in [5, 5.41) is 12.5. The molecule has 0 bridgehead atoms. The summed E-state index contributed by atoms with van der Waals surface area (Å²) in [5.74, 6) is 0.318. The van der Waals surface area contributed by atoms with Crippen molar-refractivity contribution in [3.05, 3.63) is 0 Å². The summed E-state index contributed by atoms with van der Waals surface area (Å²) in [4.78, 5) is 14.4. The highest BCUT2D eigenvalue weighted by atomic mass is 16.3. The van der Waals surface area contributed by atoms with Gasteiger partial charge in [0, 0.05) is 31.6 Å². The first-order valence-electron chi connectivity index (χ1n) is 8.09. The third-order valence-corrected chi connectivity index (χ3v) is 4.59. The maximum absolute atomic E-state index is 12.0. The van der Waals surface area contributed by atoms with Crippen LogP contribution in [0, 0.1) is 5.92 Å². The Balaban J connectivity index is 1.55. The van der Waals surface area contributed by atoms with Gasteiger partial charge < -0.3 is 21.1 Å². The quantitative estimate of drug-likeness (QED) is 0.641. The van der Waals surface area contributed by atoms with Gasteiger partial charge in [0.05, 0.1) is 6.10 Å². The number of aliphatic hydroxyl groups excluding tert-OH is 1. The van der Waals surface area contributed by atoms with E-state index in [1.807, 2.05) is 0 Å². The van der Waals surface area contributed by atoms with Crippen molar-refractivity contribution in [1.82, 2.24) is 10.2 Å². The molecule has 1 aliphatic heterocycles. The van der Waals surface area contributed by atoms with E-state index < -0.39 is 0 Å². The summed E-state index contributed by atoms with van der Waals surface area (Å²) in [7, 11) is 0. The topological polar surface area (TPSA) is 78.6 Å². The molecule has 0 radical (unpaired) electrons. The molecule has 2 atom stereocenters. The van der Waals surface area contributed by atoms with Crippen LogP contribution in [0.5, 0.6) is 0 Å². The molecule has 1 saturated carbocycles. The first-order chi connectivity index (χ1) is 9.65. The summed E-state index contributed by atoms with van der Waals surface area (Å²) in [6.45, 7) is 3.72. The number of hydrogen-bond acceptors (Lipinski definition) is 4. The summed E-state index contributed by atoms with van der Waals surface area (Å²) < 4.78 is 0. The fraction of sp³-hybridized carbons (Fsp3) is 0.933. The van der Waals surface area contributed by atoms with Crippen LogP contribution in [0.1, 0.15) is 44.9 Å². The number of likely N-dealkylation sites (tertiary alicyclic amines) is 1. The lowest BCUT2D eigenvalue weighted by molar-refractivity contribution is -0.126. The predicted octanol–water partition coefficient (Wildman–Crippen LogP) is 0.467. The molecule has 2 unspecified atom stereocenters. The molecule has 1 saturated heterocycles. The lowest BCUT2D eigenvalue weighted by atomic mass is 9.85. The number of aliphatic hydroxyl groups is 1. The summed E-state index contributed by atoms with van der Waals surface area (Å²) >= 11 is 0. The largest absolute Gasteiger partial charge is 0.393 e. The molecule has 116 valence electrons. The van der Waals surface area contributed by atoms with Crippen molar-refractivity contribution in [1.29, 1.82) is 0 Å². The fourth-order valence-corrected chi connectivity index (χ4v) is 3.27. The number of hydrogen-bond donors (Lipinski definition) is 3. The van der Waals surface area contributed by atoms with Gasteiger partial charge in [0.15, 0.2) is 0 Å². The highest BCUT2D eigenvalue weighted by molar-refractivity contribution is 5.78. The number of amides is 1. The Morgan fingerprint density at radius 1 is 1.25 bits per heavy atom. The molecular formula is C15H29N3O2. The molecule has 0 aromatic rings. The molecule has 2 aliphatic rings. The number of nitrogens with two attached hydrogens (primary N) is 1. The molecule has 1 aliphatic carbocycles. The molecule has 20 heavy (non-hydrogen) atoms. The van der Waals surface area contributed by atoms with Crippen molar-refractivity contribution in [2.45, 2.75) is 57.1 Å². The van der Waals surface area contributed by atoms with Gasteiger partial charge in [0.2, 0.25) is 5.91 Å². The van der Waals surface area contributed by atoms with Crippen molar-refractivity contribution < 1.29 is 9.90 Å². The average molecular weight is 283 g/mol. The van der Waals surface area contributed by atoms with E-state index >= 15 is 0 Å². The van der Waals surface area contributed by atoms with Gasteiger partial charge in [-0.25, -0.2) is 0 Å². The van der Waals surface area contributed by atoms with E-state index in [1.165, 1.54) is 0 Å². The highest BCUT2D eigenvalue weighted by Gasteiger charge is 2.25. The second-order valence-corrected chi connectivity index (χ2v) is 6.34. The zero-order valence-electron chi connectivity index (χ0n) is 12.4. The van der Waals surface area contributed by atoms with E-state index in [0.29, 0.717) is 0 Å². The average Bonchev–Trinajstić information content (AvgIpc) is 2.45. The molecule has 1 amide bonds. The molecule has 2 fully saturated rings. The van der Waals surface area contributed by atoms with Crippen LogP contribution in [-0.4, -0.2) is 54.2 Å². The van der Waals surface area contributed by atoms with E-state index in [0.717, 1.165) is 71.1 Å². The molecule has 0 spiro atoms. The summed E-state index contributed by atoms with van der Waals surface area (Å²) in [5.41, 5.74) is 5.92. The monoisotopic (exact) mass is 283 g/mol. The molecule has 1 heterocycles. The second-order valence-electron chi connectivity index (χ2n) is 6.34. The van der Waals surface area contributed by atoms with Crippen LogP contribution in [-0.2, 0) is 4.79 Å². The van der Waals surface area contributed by atoms with Crippen molar-refractivity contribution in [3.63, 3.8) is 0 Å². The Morgan fingerprint density at radius 2 is 2.00 bits per heavy atom. The van der Waals surface area contributed by atoms with Crippen LogP contribution in [0.4, 0.5) is 0 Å². The minimum Gasteiger partial charge on any atom is -0.393 e. The van der Waals surface area contributed by atoms with Gasteiger partial charge in [-0.1, -0.05) is 6.42 Å². The predicted molar refractivity (Wildman–Crippen MR) is 79.2 cm³/mol. The van der Waals surface area contributed by atoms with Crippen LogP contribution in [0.2, 0.25) is 0 Å². The third kappa shape index (κ3) is 5.04. The maximum atomic E-state index is 12.0. The highest BCUT2D eigenvalue weighted by Crippen LogP contribution is 2.23. The summed E-state index contributed by atoms with van der Waals surface area (Å²) in [6.07, 6.45) is 6.61. The Morgan fingerprint density at radius 3 is 2.70 bits per heavy atom. The Bertz CT molecular complexity index is 303. The van der Waals surface area contributed by atoms with E-state index in [-0.39, 0.29) is 24.0 Å². The Kier molecular flexibility index (Phi) is 6.26. The third-order valence-electron chi connectivity index (χ3n) is 4.59. The van der Waals surface area contributed by atoms with Gasteiger partial charge in [-0.15, -0.1) is 0 Å². The number of nitrogens with zero attached hydrogens (tertiary/aromatic N) is 1. The van der Waals surface area contributed by atoms with Gasteiger partial charge >= 0.3 is 0 Å².